The smallest absolute Gasteiger partial charge is 0.341 e. The number of carbonyl (C=O) groups excluding carboxylic acids is 1. The van der Waals surface area contributed by atoms with Crippen molar-refractivity contribution in [3.63, 3.8) is 0 Å². The predicted molar refractivity (Wildman–Crippen MR) is 98.9 cm³/mol. The van der Waals surface area contributed by atoms with Gasteiger partial charge < -0.3 is 9.15 Å². The monoisotopic (exact) mass is 472 g/mol. The molecule has 0 N–H and O–H groups in total. The van der Waals surface area contributed by atoms with E-state index < -0.39 is 32.1 Å². The number of benzene rings is 2. The summed E-state index contributed by atoms with van der Waals surface area (Å²) in [7, 11) is -4.74. The Hall–Kier alpha value is -2.59. The maximum Gasteiger partial charge on any atom is 0.341 e. The third-order valence-corrected chi connectivity index (χ3v) is 5.70. The molecule has 0 atom stereocenters. The maximum absolute atomic E-state index is 12.5. The van der Waals surface area contributed by atoms with Gasteiger partial charge in [-0.15, -0.1) is 0 Å². The van der Waals surface area contributed by atoms with Crippen LogP contribution in [0.2, 0.25) is 0 Å². The van der Waals surface area contributed by atoms with Crippen molar-refractivity contribution in [2.45, 2.75) is 17.3 Å². The van der Waals surface area contributed by atoms with Gasteiger partial charge in [0, 0.05) is 21.5 Å². The second-order valence-electron chi connectivity index (χ2n) is 5.64. The van der Waals surface area contributed by atoms with Gasteiger partial charge in [0.2, 0.25) is 9.84 Å². The topological polar surface area (TPSA) is 90.7 Å². The average Bonchev–Trinajstić information content (AvgIpc) is 2.65. The second-order valence-corrected chi connectivity index (χ2v) is 8.47. The Kier molecular flexibility index (Phi) is 5.61. The molecule has 0 saturated heterocycles. The lowest BCUT2D eigenvalue weighted by Crippen LogP contribution is -2.12. The first-order valence-electron chi connectivity index (χ1n) is 7.70. The minimum atomic E-state index is -4.74. The normalized spacial score (nSPS) is 11.7. The SMILES string of the molecule is O=C(OCc1cc(=O)oc2cc(Br)ccc12)c1ccc(S(=O)(=O)C(F)F)cc1. The molecule has 0 aliphatic carbocycles. The van der Waals surface area contributed by atoms with E-state index in [-0.39, 0.29) is 12.2 Å². The van der Waals surface area contributed by atoms with Crippen LogP contribution in [0.25, 0.3) is 11.0 Å². The largest absolute Gasteiger partial charge is 0.457 e. The molecule has 0 bridgehead atoms. The summed E-state index contributed by atoms with van der Waals surface area (Å²) in [4.78, 5) is 23.2. The van der Waals surface area contributed by atoms with E-state index in [2.05, 4.69) is 15.9 Å². The summed E-state index contributed by atoms with van der Waals surface area (Å²) in [6, 6.07) is 10.2. The van der Waals surface area contributed by atoms with Gasteiger partial charge in [-0.25, -0.2) is 18.0 Å². The maximum atomic E-state index is 12.5. The first-order chi connectivity index (χ1) is 13.2. The van der Waals surface area contributed by atoms with E-state index in [1.165, 1.54) is 6.07 Å². The van der Waals surface area contributed by atoms with Crippen LogP contribution in [0.1, 0.15) is 15.9 Å². The molecule has 1 aromatic heterocycles. The summed E-state index contributed by atoms with van der Waals surface area (Å²) in [5.74, 6) is -4.36. The number of hydrogen-bond donors (Lipinski definition) is 0. The van der Waals surface area contributed by atoms with Crippen LogP contribution in [0.4, 0.5) is 8.78 Å². The third-order valence-electron chi connectivity index (χ3n) is 3.80. The van der Waals surface area contributed by atoms with E-state index in [1.807, 2.05) is 0 Å². The van der Waals surface area contributed by atoms with Crippen molar-refractivity contribution in [3.05, 3.63) is 74.6 Å². The average molecular weight is 473 g/mol. The Labute approximate surface area is 165 Å². The highest BCUT2D eigenvalue weighted by atomic mass is 79.9. The molecule has 0 fully saturated rings. The number of esters is 1. The molecule has 0 spiro atoms. The second kappa shape index (κ2) is 7.80. The molecule has 3 aromatic rings. The zero-order valence-corrected chi connectivity index (χ0v) is 16.3. The lowest BCUT2D eigenvalue weighted by molar-refractivity contribution is 0.0473. The zero-order chi connectivity index (χ0) is 20.5. The highest BCUT2D eigenvalue weighted by molar-refractivity contribution is 9.10. The molecular formula is C18H11BrF2O6S. The third kappa shape index (κ3) is 4.12. The first kappa shape index (κ1) is 20.2. The van der Waals surface area contributed by atoms with Gasteiger partial charge in [0.05, 0.1) is 10.5 Å². The Balaban J connectivity index is 1.80. The van der Waals surface area contributed by atoms with Crippen LogP contribution in [0.15, 0.2) is 67.1 Å². The van der Waals surface area contributed by atoms with Crippen LogP contribution in [-0.2, 0) is 21.2 Å². The number of sulfone groups is 1. The lowest BCUT2D eigenvalue weighted by atomic mass is 10.1. The molecule has 6 nitrogen and oxygen atoms in total. The molecule has 146 valence electrons. The molecule has 0 aliphatic rings. The Morgan fingerprint density at radius 1 is 1.11 bits per heavy atom. The molecule has 0 aliphatic heterocycles. The van der Waals surface area contributed by atoms with Crippen molar-refractivity contribution in [3.8, 4) is 0 Å². The summed E-state index contributed by atoms with van der Waals surface area (Å²) in [5.41, 5.74) is 0.0971. The Morgan fingerprint density at radius 2 is 1.79 bits per heavy atom. The fourth-order valence-electron chi connectivity index (χ4n) is 2.43. The molecule has 1 heterocycles. The van der Waals surface area contributed by atoms with E-state index in [4.69, 9.17) is 9.15 Å². The standard InChI is InChI=1S/C18H11BrF2O6S/c19-12-3-6-14-11(7-16(22)27-15(14)8-12)9-26-17(23)10-1-4-13(5-2-10)28(24,25)18(20)21/h1-8,18H,9H2. The zero-order valence-electron chi connectivity index (χ0n) is 13.9. The molecule has 10 heteroatoms. The van der Waals surface area contributed by atoms with Gasteiger partial charge >= 0.3 is 17.4 Å². The minimum Gasteiger partial charge on any atom is -0.457 e. The van der Waals surface area contributed by atoms with Crippen molar-refractivity contribution in [2.24, 2.45) is 0 Å². The van der Waals surface area contributed by atoms with Gasteiger partial charge in [-0.2, -0.15) is 8.78 Å². The van der Waals surface area contributed by atoms with Crippen LogP contribution < -0.4 is 5.63 Å². The van der Waals surface area contributed by atoms with E-state index in [9.17, 15) is 26.8 Å². The number of fused-ring (bicyclic) bond motifs is 1. The summed E-state index contributed by atoms with van der Waals surface area (Å²) in [5, 5.41) is 0.578. The van der Waals surface area contributed by atoms with E-state index in [1.54, 1.807) is 18.2 Å². The van der Waals surface area contributed by atoms with Crippen LogP contribution in [-0.4, -0.2) is 20.1 Å². The van der Waals surface area contributed by atoms with Gasteiger partial charge in [0.15, 0.2) is 0 Å². The van der Waals surface area contributed by atoms with Crippen LogP contribution in [0, 0.1) is 0 Å². The molecule has 2 aromatic carbocycles. The summed E-state index contributed by atoms with van der Waals surface area (Å²) in [6.07, 6.45) is 0. The van der Waals surface area contributed by atoms with Crippen LogP contribution in [0.3, 0.4) is 0 Å². The molecule has 0 unspecified atom stereocenters. The van der Waals surface area contributed by atoms with Crippen molar-refractivity contribution in [1.82, 2.24) is 0 Å². The van der Waals surface area contributed by atoms with Gasteiger partial charge in [-0.3, -0.25) is 0 Å². The van der Waals surface area contributed by atoms with Crippen molar-refractivity contribution in [1.29, 1.82) is 0 Å². The number of carbonyl (C=O) groups is 1. The van der Waals surface area contributed by atoms with E-state index in [0.29, 0.717) is 21.0 Å². The van der Waals surface area contributed by atoms with Gasteiger partial charge in [-0.05, 0) is 42.5 Å². The number of halogens is 3. The summed E-state index contributed by atoms with van der Waals surface area (Å²) >= 11 is 3.27. The molecule has 3 rings (SSSR count). The molecule has 28 heavy (non-hydrogen) atoms. The predicted octanol–water partition coefficient (Wildman–Crippen LogP) is 3.91. The molecule has 0 radical (unpaired) electrons. The van der Waals surface area contributed by atoms with Crippen molar-refractivity contribution in [2.75, 3.05) is 0 Å². The number of hydrogen-bond acceptors (Lipinski definition) is 6. The quantitative estimate of drug-likeness (QED) is 0.413. The highest BCUT2D eigenvalue weighted by Crippen LogP contribution is 2.23. The summed E-state index contributed by atoms with van der Waals surface area (Å²) < 4.78 is 58.8. The van der Waals surface area contributed by atoms with Gasteiger partial charge in [0.1, 0.15) is 12.2 Å². The molecule has 0 saturated carbocycles. The van der Waals surface area contributed by atoms with Gasteiger partial charge in [-0.1, -0.05) is 15.9 Å². The fraction of sp³-hybridized carbons (Fsp3) is 0.111. The number of ether oxygens (including phenoxy) is 1. The lowest BCUT2D eigenvalue weighted by Gasteiger charge is -2.08. The van der Waals surface area contributed by atoms with Gasteiger partial charge in [0.25, 0.3) is 0 Å². The van der Waals surface area contributed by atoms with E-state index >= 15 is 0 Å². The fourth-order valence-corrected chi connectivity index (χ4v) is 3.49. The van der Waals surface area contributed by atoms with Crippen molar-refractivity contribution >= 4 is 42.7 Å². The van der Waals surface area contributed by atoms with Crippen LogP contribution in [0.5, 0.6) is 0 Å². The van der Waals surface area contributed by atoms with E-state index in [0.717, 1.165) is 24.3 Å². The Bertz CT molecular complexity index is 1200. The minimum absolute atomic E-state index is 0.0248. The molecular weight excluding hydrogens is 462 g/mol. The Morgan fingerprint density at radius 3 is 2.43 bits per heavy atom. The first-order valence-corrected chi connectivity index (χ1v) is 10.0. The van der Waals surface area contributed by atoms with Crippen LogP contribution >= 0.6 is 15.9 Å². The number of alkyl halides is 2. The summed E-state index contributed by atoms with van der Waals surface area (Å²) in [6.45, 7) is -0.236. The van der Waals surface area contributed by atoms with Crippen molar-refractivity contribution < 1.29 is 31.1 Å². The number of rotatable bonds is 5. The molecule has 0 amide bonds. The highest BCUT2D eigenvalue weighted by Gasteiger charge is 2.26.